The van der Waals surface area contributed by atoms with Crippen LogP contribution in [0.2, 0.25) is 0 Å². The topological polar surface area (TPSA) is 98.7 Å². The molecule has 0 aliphatic rings. The lowest BCUT2D eigenvalue weighted by Gasteiger charge is -2.18. The van der Waals surface area contributed by atoms with Crippen molar-refractivity contribution in [3.63, 3.8) is 0 Å². The van der Waals surface area contributed by atoms with Crippen LogP contribution in [0.4, 0.5) is 0 Å². The maximum atomic E-state index is 12.2. The van der Waals surface area contributed by atoms with E-state index in [2.05, 4.69) is 5.32 Å². The molecule has 2 atom stereocenters. The van der Waals surface area contributed by atoms with Crippen LogP contribution >= 0.6 is 11.3 Å². The van der Waals surface area contributed by atoms with Crippen molar-refractivity contribution >= 4 is 23.2 Å². The van der Waals surface area contributed by atoms with Gasteiger partial charge in [0, 0.05) is 4.88 Å². The predicted octanol–water partition coefficient (Wildman–Crippen LogP) is 1.40. The Kier molecular flexibility index (Phi) is 5.26. The van der Waals surface area contributed by atoms with Crippen LogP contribution < -0.4 is 10.8 Å². The van der Waals surface area contributed by atoms with Gasteiger partial charge in [-0.3, -0.25) is 14.8 Å². The first-order valence-corrected chi connectivity index (χ1v) is 7.42. The number of carbonyl (C=O) groups is 2. The number of benzene rings is 1. The summed E-state index contributed by atoms with van der Waals surface area (Å²) in [5, 5.41) is 20.5. The van der Waals surface area contributed by atoms with Crippen LogP contribution in [0.25, 0.3) is 10.4 Å². The maximum Gasteiger partial charge on any atom is 0.268 e. The van der Waals surface area contributed by atoms with Crippen LogP contribution in [0, 0.1) is 0 Å². The Morgan fingerprint density at radius 2 is 1.82 bits per heavy atom. The highest BCUT2D eigenvalue weighted by atomic mass is 32.1. The zero-order valence-electron chi connectivity index (χ0n) is 11.8. The minimum absolute atomic E-state index is 0.412. The molecule has 0 saturated carbocycles. The highest BCUT2D eigenvalue weighted by molar-refractivity contribution is 7.17. The monoisotopic (exact) mass is 320 g/mol. The second kappa shape index (κ2) is 7.17. The van der Waals surface area contributed by atoms with Gasteiger partial charge in [-0.05, 0) is 24.6 Å². The molecule has 0 saturated heterocycles. The van der Waals surface area contributed by atoms with Crippen LogP contribution in [-0.2, 0) is 4.79 Å². The summed E-state index contributed by atoms with van der Waals surface area (Å²) in [5.41, 5.74) is 2.42. The van der Waals surface area contributed by atoms with E-state index in [1.54, 1.807) is 6.07 Å². The van der Waals surface area contributed by atoms with E-state index in [-0.39, 0.29) is 0 Å². The lowest BCUT2D eigenvalue weighted by molar-refractivity contribution is -0.133. The summed E-state index contributed by atoms with van der Waals surface area (Å²) in [6, 6.07) is 11.8. The molecule has 22 heavy (non-hydrogen) atoms. The molecule has 2 aromatic rings. The summed E-state index contributed by atoms with van der Waals surface area (Å²) in [6.45, 7) is 1.35. The molecule has 1 aromatic heterocycles. The summed E-state index contributed by atoms with van der Waals surface area (Å²) in [7, 11) is 0. The third-order valence-electron chi connectivity index (χ3n) is 3.05. The molecule has 0 aliphatic heterocycles. The molecule has 4 N–H and O–H groups in total. The number of amides is 2. The molecular formula is C15H16N2O4S. The maximum absolute atomic E-state index is 12.2. The smallest absolute Gasteiger partial charge is 0.268 e. The van der Waals surface area contributed by atoms with Crippen LogP contribution in [0.1, 0.15) is 16.6 Å². The molecule has 116 valence electrons. The summed E-state index contributed by atoms with van der Waals surface area (Å²) >= 11 is 1.28. The van der Waals surface area contributed by atoms with Crippen molar-refractivity contribution in [3.8, 4) is 10.4 Å². The van der Waals surface area contributed by atoms with E-state index in [9.17, 15) is 14.7 Å². The van der Waals surface area contributed by atoms with Crippen molar-refractivity contribution in [2.45, 2.75) is 19.1 Å². The van der Waals surface area contributed by atoms with Crippen LogP contribution in [0.15, 0.2) is 42.5 Å². The fourth-order valence-electron chi connectivity index (χ4n) is 1.90. The summed E-state index contributed by atoms with van der Waals surface area (Å²) in [4.78, 5) is 24.9. The average Bonchev–Trinajstić information content (AvgIpc) is 3.02. The summed E-state index contributed by atoms with van der Waals surface area (Å²) in [5.74, 6) is -1.36. The number of aliphatic hydroxyl groups excluding tert-OH is 1. The van der Waals surface area contributed by atoms with Crippen LogP contribution in [-0.4, -0.2) is 34.3 Å². The van der Waals surface area contributed by atoms with Crippen molar-refractivity contribution in [2.24, 2.45) is 0 Å². The van der Waals surface area contributed by atoms with Crippen molar-refractivity contribution in [2.75, 3.05) is 0 Å². The number of thiophene rings is 1. The molecule has 0 bridgehead atoms. The van der Waals surface area contributed by atoms with Crippen LogP contribution in [0.3, 0.4) is 0 Å². The molecule has 0 aliphatic carbocycles. The first-order chi connectivity index (χ1) is 10.5. The average molecular weight is 320 g/mol. The molecular weight excluding hydrogens is 304 g/mol. The Morgan fingerprint density at radius 3 is 2.41 bits per heavy atom. The summed E-state index contributed by atoms with van der Waals surface area (Å²) < 4.78 is 0. The van der Waals surface area contributed by atoms with Crippen LogP contribution in [0.5, 0.6) is 0 Å². The molecule has 2 rings (SSSR count). The normalized spacial score (nSPS) is 13.2. The fourth-order valence-corrected chi connectivity index (χ4v) is 2.82. The largest absolute Gasteiger partial charge is 0.391 e. The highest BCUT2D eigenvalue weighted by Gasteiger charge is 2.26. The lowest BCUT2D eigenvalue weighted by Crippen LogP contribution is -2.51. The number of rotatable bonds is 5. The van der Waals surface area contributed by atoms with Gasteiger partial charge in [0.25, 0.3) is 11.8 Å². The van der Waals surface area contributed by atoms with Gasteiger partial charge in [-0.15, -0.1) is 11.3 Å². The number of hydrogen-bond acceptors (Lipinski definition) is 5. The van der Waals surface area contributed by atoms with Crippen molar-refractivity contribution in [1.29, 1.82) is 0 Å². The quantitative estimate of drug-likeness (QED) is 0.494. The third kappa shape index (κ3) is 3.70. The molecule has 1 heterocycles. The van der Waals surface area contributed by atoms with E-state index in [1.165, 1.54) is 23.7 Å². The Bertz CT molecular complexity index is 655. The molecule has 0 fully saturated rings. The van der Waals surface area contributed by atoms with Gasteiger partial charge in [-0.1, -0.05) is 30.3 Å². The van der Waals surface area contributed by atoms with Crippen molar-refractivity contribution < 1.29 is 19.9 Å². The molecule has 1 aromatic carbocycles. The number of hydrogen-bond donors (Lipinski definition) is 4. The third-order valence-corrected chi connectivity index (χ3v) is 4.18. The number of carbonyl (C=O) groups excluding carboxylic acids is 2. The van der Waals surface area contributed by atoms with Gasteiger partial charge in [-0.2, -0.15) is 0 Å². The van der Waals surface area contributed by atoms with E-state index in [4.69, 9.17) is 5.21 Å². The molecule has 2 amide bonds. The minimum Gasteiger partial charge on any atom is -0.391 e. The van der Waals surface area contributed by atoms with Gasteiger partial charge in [0.2, 0.25) is 0 Å². The van der Waals surface area contributed by atoms with Gasteiger partial charge in [0.15, 0.2) is 0 Å². The lowest BCUT2D eigenvalue weighted by atomic mass is 10.1. The summed E-state index contributed by atoms with van der Waals surface area (Å²) in [6.07, 6.45) is -1.13. The molecule has 6 nitrogen and oxygen atoms in total. The van der Waals surface area contributed by atoms with Gasteiger partial charge < -0.3 is 10.4 Å². The minimum atomic E-state index is -1.22. The molecule has 0 radical (unpaired) electrons. The first kappa shape index (κ1) is 16.2. The van der Waals surface area contributed by atoms with E-state index in [1.807, 2.05) is 36.4 Å². The van der Waals surface area contributed by atoms with Crippen molar-refractivity contribution in [1.82, 2.24) is 10.8 Å². The molecule has 7 heteroatoms. The number of nitrogens with one attached hydrogen (secondary N) is 2. The predicted molar refractivity (Wildman–Crippen MR) is 82.6 cm³/mol. The van der Waals surface area contributed by atoms with E-state index in [0.717, 1.165) is 10.4 Å². The Balaban J connectivity index is 2.13. The SMILES string of the molecule is C[C@@H](O)[C@H](NC(=O)c1ccc(-c2ccccc2)s1)C(=O)NO. The van der Waals surface area contributed by atoms with Gasteiger partial charge in [-0.25, -0.2) is 5.48 Å². The fraction of sp³-hybridized carbons (Fsp3) is 0.200. The second-order valence-corrected chi connectivity index (χ2v) is 5.78. The first-order valence-electron chi connectivity index (χ1n) is 6.61. The molecule has 0 unspecified atom stereocenters. The van der Waals surface area contributed by atoms with E-state index >= 15 is 0 Å². The number of hydroxylamine groups is 1. The van der Waals surface area contributed by atoms with Crippen molar-refractivity contribution in [3.05, 3.63) is 47.3 Å². The standard InChI is InChI=1S/C15H16N2O4S/c1-9(18)13(15(20)17-21)16-14(19)12-8-7-11(22-12)10-5-3-2-4-6-10/h2-9,13,18,21H,1H3,(H,16,19)(H,17,20)/t9-,13+/m1/s1. The Morgan fingerprint density at radius 1 is 1.14 bits per heavy atom. The van der Waals surface area contributed by atoms with E-state index in [0.29, 0.717) is 4.88 Å². The van der Waals surface area contributed by atoms with Gasteiger partial charge in [0.1, 0.15) is 6.04 Å². The highest BCUT2D eigenvalue weighted by Crippen LogP contribution is 2.27. The second-order valence-electron chi connectivity index (χ2n) is 4.70. The molecule has 0 spiro atoms. The Hall–Kier alpha value is -2.22. The Labute approximate surface area is 131 Å². The van der Waals surface area contributed by atoms with Gasteiger partial charge >= 0.3 is 0 Å². The number of aliphatic hydroxyl groups is 1. The zero-order chi connectivity index (χ0) is 16.1. The zero-order valence-corrected chi connectivity index (χ0v) is 12.6. The van der Waals surface area contributed by atoms with E-state index < -0.39 is 24.0 Å². The van der Waals surface area contributed by atoms with Gasteiger partial charge in [0.05, 0.1) is 11.0 Å².